The molecule has 0 fully saturated rings. The van der Waals surface area contributed by atoms with Gasteiger partial charge in [-0.25, -0.2) is 0 Å². The molecule has 0 heterocycles. The van der Waals surface area contributed by atoms with Crippen molar-refractivity contribution in [2.75, 3.05) is 26.1 Å². The van der Waals surface area contributed by atoms with Crippen molar-refractivity contribution in [3.8, 4) is 0 Å². The van der Waals surface area contributed by atoms with E-state index in [0.717, 1.165) is 17.6 Å². The molecule has 1 N–H and O–H groups in total. The van der Waals surface area contributed by atoms with E-state index >= 15 is 0 Å². The Morgan fingerprint density at radius 3 is 1.44 bits per heavy atom. The van der Waals surface area contributed by atoms with Gasteiger partial charge < -0.3 is 22.0 Å². The van der Waals surface area contributed by atoms with Crippen LogP contribution in [0.15, 0.2) is 0 Å². The first-order valence-electron chi connectivity index (χ1n) is 10.6. The van der Waals surface area contributed by atoms with Crippen molar-refractivity contribution >= 4 is 11.6 Å². The molecule has 0 aromatic rings. The van der Waals surface area contributed by atoms with E-state index < -0.39 is 0 Å². The van der Waals surface area contributed by atoms with Gasteiger partial charge in [0, 0.05) is 0 Å². The van der Waals surface area contributed by atoms with Gasteiger partial charge in [0.25, 0.3) is 0 Å². The third-order valence-electron chi connectivity index (χ3n) is 5.05. The molecule has 0 aromatic heterocycles. The summed E-state index contributed by atoms with van der Waals surface area (Å²) in [6.45, 7) is 5.99. The van der Waals surface area contributed by atoms with Gasteiger partial charge in [-0.05, 0) is 19.8 Å². The molecule has 0 rings (SSSR count). The van der Waals surface area contributed by atoms with E-state index in [9.17, 15) is 5.11 Å². The minimum atomic E-state index is -0.264. The summed E-state index contributed by atoms with van der Waals surface area (Å²) in [5.74, 6) is 0. The smallest absolute Gasteiger partial charge is 0.154 e. The molecular weight excluding hydrogens is 353 g/mol. The number of unbranched alkanes of at least 4 members (excludes halogenated alkanes) is 13. The van der Waals surface area contributed by atoms with Crippen LogP contribution in [-0.4, -0.2) is 41.8 Å². The molecule has 0 bridgehead atoms. The minimum absolute atomic E-state index is 0. The van der Waals surface area contributed by atoms with Crippen molar-refractivity contribution in [2.24, 2.45) is 0 Å². The highest BCUT2D eigenvalue weighted by Gasteiger charge is 2.21. The van der Waals surface area contributed by atoms with Gasteiger partial charge in [-0.1, -0.05) is 95.6 Å². The van der Waals surface area contributed by atoms with Crippen LogP contribution in [0.5, 0.6) is 0 Å². The van der Waals surface area contributed by atoms with Gasteiger partial charge in [0.2, 0.25) is 0 Å². The lowest BCUT2D eigenvalue weighted by atomic mass is 10.0. The number of hydrogen-bond donors (Lipinski definition) is 1. The Labute approximate surface area is 169 Å². The molecule has 2 nitrogen and oxygen atoms in total. The first-order valence-corrected chi connectivity index (χ1v) is 11.1. The number of aliphatic hydroxyl groups excluding tert-OH is 1. The molecule has 0 aliphatic rings. The van der Waals surface area contributed by atoms with E-state index in [-0.39, 0.29) is 18.5 Å². The maximum absolute atomic E-state index is 9.56. The molecule has 0 amide bonds. The molecule has 154 valence electrons. The van der Waals surface area contributed by atoms with Crippen LogP contribution in [-0.2, 0) is 0 Å². The van der Waals surface area contributed by atoms with Crippen LogP contribution < -0.4 is 12.4 Å². The second kappa shape index (κ2) is 19.3. The molecular formula is C21H45Cl2NO. The van der Waals surface area contributed by atoms with Gasteiger partial charge in [-0.3, -0.25) is 0 Å². The largest absolute Gasteiger partial charge is 1.00 e. The zero-order valence-corrected chi connectivity index (χ0v) is 18.8. The quantitative estimate of drug-likeness (QED) is 0.162. The highest BCUT2D eigenvalue weighted by Crippen LogP contribution is 2.14. The lowest BCUT2D eigenvalue weighted by Crippen LogP contribution is -3.00. The molecule has 0 saturated carbocycles. The molecule has 0 aliphatic heterocycles. The second-order valence-electron chi connectivity index (χ2n) is 8.09. The van der Waals surface area contributed by atoms with Gasteiger partial charge in [-0.2, -0.15) is 0 Å². The fourth-order valence-electron chi connectivity index (χ4n) is 3.53. The third kappa shape index (κ3) is 19.1. The van der Waals surface area contributed by atoms with E-state index in [1.165, 1.54) is 89.9 Å². The summed E-state index contributed by atoms with van der Waals surface area (Å²) >= 11 is 6.07. The number of aliphatic hydroxyl groups is 1. The van der Waals surface area contributed by atoms with Gasteiger partial charge in [0.05, 0.1) is 13.6 Å². The maximum Gasteiger partial charge on any atom is 0.154 e. The Balaban J connectivity index is 0. The predicted molar refractivity (Wildman–Crippen MR) is 109 cm³/mol. The summed E-state index contributed by atoms with van der Waals surface area (Å²) in [5.41, 5.74) is 0. The molecule has 0 aliphatic carbocycles. The molecule has 2 unspecified atom stereocenters. The van der Waals surface area contributed by atoms with E-state index in [4.69, 9.17) is 11.6 Å². The first kappa shape index (κ1) is 27.7. The highest BCUT2D eigenvalue weighted by atomic mass is 35.5. The van der Waals surface area contributed by atoms with Crippen molar-refractivity contribution in [1.29, 1.82) is 0 Å². The van der Waals surface area contributed by atoms with Gasteiger partial charge in [-0.15, -0.1) is 0 Å². The van der Waals surface area contributed by atoms with Crippen molar-refractivity contribution in [2.45, 2.75) is 110 Å². The fourth-order valence-corrected chi connectivity index (χ4v) is 3.74. The SMILES string of the molecule is CCCCCCCCCCCCCCCC[N+](C)(CCl)CC(C)O.[Cl-]. The van der Waals surface area contributed by atoms with Crippen LogP contribution in [0.4, 0.5) is 0 Å². The van der Waals surface area contributed by atoms with Gasteiger partial charge in [0.15, 0.2) is 6.00 Å². The lowest BCUT2D eigenvalue weighted by Gasteiger charge is -2.33. The topological polar surface area (TPSA) is 20.2 Å². The molecule has 0 radical (unpaired) electrons. The zero-order chi connectivity index (χ0) is 18.1. The fraction of sp³-hybridized carbons (Fsp3) is 1.00. The zero-order valence-electron chi connectivity index (χ0n) is 17.2. The van der Waals surface area contributed by atoms with Crippen molar-refractivity contribution in [3.63, 3.8) is 0 Å². The monoisotopic (exact) mass is 397 g/mol. The van der Waals surface area contributed by atoms with Crippen LogP contribution in [0.1, 0.15) is 104 Å². The maximum atomic E-state index is 9.56. The number of halogens is 2. The Morgan fingerprint density at radius 1 is 0.760 bits per heavy atom. The molecule has 4 heteroatoms. The van der Waals surface area contributed by atoms with Gasteiger partial charge >= 0.3 is 0 Å². The lowest BCUT2D eigenvalue weighted by molar-refractivity contribution is -0.901. The van der Waals surface area contributed by atoms with Crippen LogP contribution in [0.3, 0.4) is 0 Å². The van der Waals surface area contributed by atoms with E-state index in [1.54, 1.807) is 0 Å². The van der Waals surface area contributed by atoms with Gasteiger partial charge in [0.1, 0.15) is 12.6 Å². The van der Waals surface area contributed by atoms with E-state index in [1.807, 2.05) is 6.92 Å². The third-order valence-corrected chi connectivity index (χ3v) is 5.62. The number of nitrogens with zero attached hydrogens (tertiary/aromatic N) is 1. The van der Waals surface area contributed by atoms with E-state index in [2.05, 4.69) is 14.0 Å². The molecule has 25 heavy (non-hydrogen) atoms. The summed E-state index contributed by atoms with van der Waals surface area (Å²) in [7, 11) is 2.15. The average Bonchev–Trinajstić information content (AvgIpc) is 2.54. The Morgan fingerprint density at radius 2 is 1.12 bits per heavy atom. The second-order valence-corrected chi connectivity index (χ2v) is 8.33. The molecule has 2 atom stereocenters. The summed E-state index contributed by atoms with van der Waals surface area (Å²) in [6, 6.07) is 0.601. The van der Waals surface area contributed by atoms with Crippen molar-refractivity contribution in [3.05, 3.63) is 0 Å². The predicted octanol–water partition coefficient (Wildman–Crippen LogP) is 3.50. The van der Waals surface area contributed by atoms with Crippen LogP contribution in [0.2, 0.25) is 0 Å². The average molecular weight is 399 g/mol. The summed E-state index contributed by atoms with van der Waals surface area (Å²) in [5, 5.41) is 9.56. The summed E-state index contributed by atoms with van der Waals surface area (Å²) in [4.78, 5) is 0. The van der Waals surface area contributed by atoms with Crippen molar-refractivity contribution < 1.29 is 22.0 Å². The highest BCUT2D eigenvalue weighted by molar-refractivity contribution is 6.16. The normalized spacial score (nSPS) is 14.8. The van der Waals surface area contributed by atoms with E-state index in [0.29, 0.717) is 6.00 Å². The standard InChI is InChI=1S/C21H45ClNO.ClH/c1-4-5-6-7-8-9-10-11-12-13-14-15-16-17-18-23(3,20-22)19-21(2)24;/h21,24H,4-20H2,1-3H3;1H/q+1;/p-1. The number of likely N-dealkylation sites (N-methyl/N-ethyl adjacent to an activating group) is 1. The molecule has 0 saturated heterocycles. The summed E-state index contributed by atoms with van der Waals surface area (Å²) < 4.78 is 0.789. The van der Waals surface area contributed by atoms with Crippen LogP contribution in [0.25, 0.3) is 0 Å². The first-order chi connectivity index (χ1) is 11.5. The van der Waals surface area contributed by atoms with Crippen molar-refractivity contribution in [1.82, 2.24) is 0 Å². The molecule has 0 spiro atoms. The minimum Gasteiger partial charge on any atom is -1.00 e. The van der Waals surface area contributed by atoms with Crippen LogP contribution in [0, 0.1) is 0 Å². The van der Waals surface area contributed by atoms with Crippen LogP contribution >= 0.6 is 11.6 Å². The number of rotatable bonds is 18. The Bertz CT molecular complexity index is 264. The number of hydrogen-bond acceptors (Lipinski definition) is 1. The number of quaternary nitrogens is 1. The molecule has 0 aromatic carbocycles. The summed E-state index contributed by atoms with van der Waals surface area (Å²) in [6.07, 6.45) is 19.3. The number of alkyl halides is 1. The Hall–Kier alpha value is 0.500. The Kier molecular flexibility index (Phi) is 21.4.